The molecule has 0 aliphatic heterocycles. The number of hydrogen-bond donors (Lipinski definition) is 2. The van der Waals surface area contributed by atoms with E-state index in [4.69, 9.17) is 17.3 Å². The number of aromatic amines is 1. The van der Waals surface area contributed by atoms with Crippen molar-refractivity contribution in [1.82, 2.24) is 15.2 Å². The topological polar surface area (TPSA) is 67.6 Å². The van der Waals surface area contributed by atoms with Gasteiger partial charge in [-0.1, -0.05) is 11.6 Å². The number of nitrogens with two attached hydrogens (primary N) is 1. The van der Waals surface area contributed by atoms with Crippen LogP contribution in [0.2, 0.25) is 5.02 Å². The SMILES string of the molecule is NCCc1n[nH]c(CSc2ccc(Cl)cc2)n1. The Bertz CT molecular complexity index is 469. The average molecular weight is 269 g/mol. The number of H-pyrrole nitrogens is 1. The smallest absolute Gasteiger partial charge is 0.151 e. The number of rotatable bonds is 5. The van der Waals surface area contributed by atoms with Gasteiger partial charge in [0.15, 0.2) is 5.82 Å². The van der Waals surface area contributed by atoms with Crippen molar-refractivity contribution >= 4 is 23.4 Å². The first-order chi connectivity index (χ1) is 8.28. The third-order valence-corrected chi connectivity index (χ3v) is 3.41. The van der Waals surface area contributed by atoms with E-state index in [1.54, 1.807) is 11.8 Å². The van der Waals surface area contributed by atoms with Crippen LogP contribution in [0.5, 0.6) is 0 Å². The van der Waals surface area contributed by atoms with Gasteiger partial charge >= 0.3 is 0 Å². The first-order valence-corrected chi connectivity index (χ1v) is 6.63. The van der Waals surface area contributed by atoms with Crippen LogP contribution in [0.4, 0.5) is 0 Å². The molecule has 0 saturated carbocycles. The molecule has 0 radical (unpaired) electrons. The molecule has 0 saturated heterocycles. The molecule has 4 nitrogen and oxygen atoms in total. The molecule has 0 amide bonds. The number of benzene rings is 1. The summed E-state index contributed by atoms with van der Waals surface area (Å²) in [7, 11) is 0. The summed E-state index contributed by atoms with van der Waals surface area (Å²) in [5.41, 5.74) is 5.44. The summed E-state index contributed by atoms with van der Waals surface area (Å²) in [6.07, 6.45) is 0.710. The lowest BCUT2D eigenvalue weighted by molar-refractivity contribution is 0.874. The van der Waals surface area contributed by atoms with E-state index in [1.165, 1.54) is 0 Å². The molecule has 2 rings (SSSR count). The van der Waals surface area contributed by atoms with Crippen LogP contribution in [0.15, 0.2) is 29.2 Å². The minimum atomic E-state index is 0.571. The van der Waals surface area contributed by atoms with Gasteiger partial charge < -0.3 is 5.73 Å². The number of aromatic nitrogens is 3. The molecule has 0 aliphatic carbocycles. The molecule has 0 spiro atoms. The van der Waals surface area contributed by atoms with Crippen molar-refractivity contribution in [3.63, 3.8) is 0 Å². The fraction of sp³-hybridized carbons (Fsp3) is 0.273. The lowest BCUT2D eigenvalue weighted by Crippen LogP contribution is -2.03. The fourth-order valence-electron chi connectivity index (χ4n) is 1.32. The van der Waals surface area contributed by atoms with Crippen molar-refractivity contribution < 1.29 is 0 Å². The number of hydrogen-bond acceptors (Lipinski definition) is 4. The predicted molar refractivity (Wildman–Crippen MR) is 70.2 cm³/mol. The van der Waals surface area contributed by atoms with E-state index in [-0.39, 0.29) is 0 Å². The van der Waals surface area contributed by atoms with Crippen LogP contribution in [-0.4, -0.2) is 21.7 Å². The zero-order valence-electron chi connectivity index (χ0n) is 9.19. The molecule has 3 N–H and O–H groups in total. The first-order valence-electron chi connectivity index (χ1n) is 5.26. The third kappa shape index (κ3) is 3.73. The number of thioether (sulfide) groups is 1. The van der Waals surface area contributed by atoms with Crippen LogP contribution in [0, 0.1) is 0 Å². The van der Waals surface area contributed by atoms with Crippen molar-refractivity contribution in [2.24, 2.45) is 5.73 Å². The monoisotopic (exact) mass is 268 g/mol. The van der Waals surface area contributed by atoms with Gasteiger partial charge in [-0.25, -0.2) is 4.98 Å². The van der Waals surface area contributed by atoms with Gasteiger partial charge in [-0.3, -0.25) is 5.10 Å². The summed E-state index contributed by atoms with van der Waals surface area (Å²) in [5, 5.41) is 7.74. The van der Waals surface area contributed by atoms with Crippen LogP contribution in [-0.2, 0) is 12.2 Å². The van der Waals surface area contributed by atoms with E-state index in [1.807, 2.05) is 24.3 Å². The predicted octanol–water partition coefficient (Wildman–Crippen LogP) is 2.25. The molecule has 1 heterocycles. The van der Waals surface area contributed by atoms with Crippen LogP contribution in [0.3, 0.4) is 0 Å². The molecule has 6 heteroatoms. The van der Waals surface area contributed by atoms with Gasteiger partial charge in [-0.15, -0.1) is 11.8 Å². The highest BCUT2D eigenvalue weighted by atomic mass is 35.5. The van der Waals surface area contributed by atoms with Crippen LogP contribution >= 0.6 is 23.4 Å². The van der Waals surface area contributed by atoms with E-state index in [9.17, 15) is 0 Å². The molecular weight excluding hydrogens is 256 g/mol. The number of nitrogens with one attached hydrogen (secondary N) is 1. The standard InChI is InChI=1S/C11H13ClN4S/c12-8-1-3-9(4-2-8)17-7-11-14-10(5-6-13)15-16-11/h1-4H,5-7,13H2,(H,14,15,16). The molecule has 2 aromatic rings. The average Bonchev–Trinajstić information content (AvgIpc) is 2.77. The molecular formula is C11H13ClN4S. The molecule has 0 atom stereocenters. The largest absolute Gasteiger partial charge is 0.330 e. The lowest BCUT2D eigenvalue weighted by atomic mass is 10.4. The maximum Gasteiger partial charge on any atom is 0.151 e. The van der Waals surface area contributed by atoms with E-state index < -0.39 is 0 Å². The van der Waals surface area contributed by atoms with Crippen molar-refractivity contribution in [3.05, 3.63) is 40.9 Å². The Morgan fingerprint density at radius 2 is 2.06 bits per heavy atom. The Balaban J connectivity index is 1.90. The zero-order valence-corrected chi connectivity index (χ0v) is 10.8. The highest BCUT2D eigenvalue weighted by molar-refractivity contribution is 7.98. The Labute approximate surface area is 109 Å². The van der Waals surface area contributed by atoms with E-state index >= 15 is 0 Å². The number of nitrogens with zero attached hydrogens (tertiary/aromatic N) is 2. The highest BCUT2D eigenvalue weighted by Gasteiger charge is 2.03. The summed E-state index contributed by atoms with van der Waals surface area (Å²) in [4.78, 5) is 5.50. The van der Waals surface area contributed by atoms with Crippen molar-refractivity contribution in [3.8, 4) is 0 Å². The lowest BCUT2D eigenvalue weighted by Gasteiger charge is -1.98. The van der Waals surface area contributed by atoms with Crippen LogP contribution in [0.1, 0.15) is 11.6 Å². The Hall–Kier alpha value is -1.04. The first kappa shape index (κ1) is 12.4. The van der Waals surface area contributed by atoms with Crippen molar-refractivity contribution in [2.45, 2.75) is 17.1 Å². The van der Waals surface area contributed by atoms with Crippen LogP contribution in [0.25, 0.3) is 0 Å². The summed E-state index contributed by atoms with van der Waals surface area (Å²) >= 11 is 7.51. The van der Waals surface area contributed by atoms with E-state index in [0.29, 0.717) is 13.0 Å². The van der Waals surface area contributed by atoms with Gasteiger partial charge in [-0.2, -0.15) is 5.10 Å². The fourth-order valence-corrected chi connectivity index (χ4v) is 2.21. The Kier molecular flexibility index (Phi) is 4.42. The van der Waals surface area contributed by atoms with Gasteiger partial charge in [0.05, 0.1) is 5.75 Å². The summed E-state index contributed by atoms with van der Waals surface area (Å²) in [5.74, 6) is 2.41. The van der Waals surface area contributed by atoms with Crippen molar-refractivity contribution in [1.29, 1.82) is 0 Å². The normalized spacial score (nSPS) is 10.7. The maximum absolute atomic E-state index is 5.82. The molecule has 0 fully saturated rings. The zero-order chi connectivity index (χ0) is 12.1. The second kappa shape index (κ2) is 6.05. The second-order valence-electron chi connectivity index (χ2n) is 3.48. The molecule has 17 heavy (non-hydrogen) atoms. The molecule has 1 aromatic carbocycles. The number of halogens is 1. The summed E-state index contributed by atoms with van der Waals surface area (Å²) in [6.45, 7) is 0.571. The quantitative estimate of drug-likeness (QED) is 0.816. The molecule has 90 valence electrons. The maximum atomic E-state index is 5.82. The van der Waals surface area contributed by atoms with E-state index in [2.05, 4.69) is 15.2 Å². The van der Waals surface area contributed by atoms with Crippen molar-refractivity contribution in [2.75, 3.05) is 6.54 Å². The Morgan fingerprint density at radius 3 is 2.76 bits per heavy atom. The summed E-state index contributed by atoms with van der Waals surface area (Å²) < 4.78 is 0. The van der Waals surface area contributed by atoms with Gasteiger partial charge in [0.2, 0.25) is 0 Å². The molecule has 0 bridgehead atoms. The Morgan fingerprint density at radius 1 is 1.29 bits per heavy atom. The third-order valence-electron chi connectivity index (χ3n) is 2.14. The highest BCUT2D eigenvalue weighted by Crippen LogP contribution is 2.22. The molecule has 1 aromatic heterocycles. The minimum absolute atomic E-state index is 0.571. The van der Waals surface area contributed by atoms with E-state index in [0.717, 1.165) is 27.3 Å². The van der Waals surface area contributed by atoms with Gasteiger partial charge in [-0.05, 0) is 30.8 Å². The minimum Gasteiger partial charge on any atom is -0.330 e. The summed E-state index contributed by atoms with van der Waals surface area (Å²) in [6, 6.07) is 7.74. The second-order valence-corrected chi connectivity index (χ2v) is 4.96. The van der Waals surface area contributed by atoms with Gasteiger partial charge in [0.25, 0.3) is 0 Å². The molecule has 0 aliphatic rings. The van der Waals surface area contributed by atoms with Crippen LogP contribution < -0.4 is 5.73 Å². The van der Waals surface area contributed by atoms with Gasteiger partial charge in [0, 0.05) is 16.3 Å². The van der Waals surface area contributed by atoms with Gasteiger partial charge in [0.1, 0.15) is 5.82 Å². The molecule has 0 unspecified atom stereocenters.